The van der Waals surface area contributed by atoms with Gasteiger partial charge in [-0.25, -0.2) is 0 Å². The molecule has 2 aromatic rings. The fraction of sp³-hybridized carbons (Fsp3) is 0.583. The number of H-pyrrole nitrogens is 1. The Bertz CT molecular complexity index is 540. The van der Waals surface area contributed by atoms with Crippen molar-refractivity contribution >= 4 is 22.8 Å². The van der Waals surface area contributed by atoms with Gasteiger partial charge in [0, 0.05) is 19.7 Å². The fourth-order valence-corrected chi connectivity index (χ4v) is 2.00. The molecule has 104 valence electrons. The van der Waals surface area contributed by atoms with E-state index in [2.05, 4.69) is 38.9 Å². The minimum absolute atomic E-state index is 0.248. The first kappa shape index (κ1) is 13.5. The molecule has 7 heteroatoms. The molecule has 0 saturated carbocycles. The molecule has 1 atom stereocenters. The maximum Gasteiger partial charge on any atom is 0.224 e. The lowest BCUT2D eigenvalue weighted by Crippen LogP contribution is -2.36. The maximum absolute atomic E-state index is 5.76. The third kappa shape index (κ3) is 2.76. The monoisotopic (exact) mass is 264 g/mol. The molecule has 0 spiro atoms. The summed E-state index contributed by atoms with van der Waals surface area (Å²) in [6.45, 7) is 5.68. The zero-order valence-electron chi connectivity index (χ0n) is 11.6. The minimum atomic E-state index is 0.248. The van der Waals surface area contributed by atoms with E-state index in [0.717, 1.165) is 24.2 Å². The van der Waals surface area contributed by atoms with E-state index in [1.165, 1.54) is 0 Å². The van der Waals surface area contributed by atoms with Crippen molar-refractivity contribution in [3.63, 3.8) is 0 Å². The number of fused-ring (bicyclic) bond motifs is 1. The van der Waals surface area contributed by atoms with Gasteiger partial charge in [-0.15, -0.1) is 0 Å². The van der Waals surface area contributed by atoms with Crippen molar-refractivity contribution in [3.05, 3.63) is 6.20 Å². The van der Waals surface area contributed by atoms with Gasteiger partial charge in [0.05, 0.1) is 18.2 Å². The number of nitrogens with zero attached hydrogens (tertiary/aromatic N) is 4. The van der Waals surface area contributed by atoms with Crippen molar-refractivity contribution in [1.82, 2.24) is 20.2 Å². The van der Waals surface area contributed by atoms with Crippen LogP contribution in [0.15, 0.2) is 6.20 Å². The van der Waals surface area contributed by atoms with Gasteiger partial charge in [-0.2, -0.15) is 15.1 Å². The molecule has 3 N–H and O–H groups in total. The second-order valence-electron chi connectivity index (χ2n) is 4.48. The van der Waals surface area contributed by atoms with E-state index in [9.17, 15) is 0 Å². The largest absolute Gasteiger partial charge is 0.383 e. The normalized spacial score (nSPS) is 12.8. The Labute approximate surface area is 112 Å². The van der Waals surface area contributed by atoms with Gasteiger partial charge in [0.25, 0.3) is 0 Å². The predicted molar refractivity (Wildman–Crippen MR) is 75.1 cm³/mol. The zero-order valence-corrected chi connectivity index (χ0v) is 11.6. The number of nitrogens with two attached hydrogens (primary N) is 1. The van der Waals surface area contributed by atoms with Crippen molar-refractivity contribution in [2.24, 2.45) is 0 Å². The molecule has 0 bridgehead atoms. The summed E-state index contributed by atoms with van der Waals surface area (Å²) in [5, 5.41) is 7.72. The van der Waals surface area contributed by atoms with Crippen molar-refractivity contribution in [1.29, 1.82) is 0 Å². The van der Waals surface area contributed by atoms with E-state index in [1.807, 2.05) is 0 Å². The Morgan fingerprint density at radius 2 is 2.26 bits per heavy atom. The Morgan fingerprint density at radius 3 is 2.95 bits per heavy atom. The van der Waals surface area contributed by atoms with E-state index in [4.69, 9.17) is 10.5 Å². The van der Waals surface area contributed by atoms with Crippen LogP contribution in [0.3, 0.4) is 0 Å². The highest BCUT2D eigenvalue weighted by Crippen LogP contribution is 2.25. The quantitative estimate of drug-likeness (QED) is 0.814. The smallest absolute Gasteiger partial charge is 0.224 e. The van der Waals surface area contributed by atoms with E-state index in [1.54, 1.807) is 13.3 Å². The van der Waals surface area contributed by atoms with Crippen LogP contribution in [0.25, 0.3) is 11.0 Å². The van der Waals surface area contributed by atoms with Crippen molar-refractivity contribution < 1.29 is 4.74 Å². The Balaban J connectivity index is 2.44. The van der Waals surface area contributed by atoms with Crippen molar-refractivity contribution in [3.8, 4) is 0 Å². The molecule has 0 saturated heterocycles. The molecular weight excluding hydrogens is 244 g/mol. The predicted octanol–water partition coefficient (Wildman–Crippen LogP) is 1.19. The summed E-state index contributed by atoms with van der Waals surface area (Å²) >= 11 is 0. The molecule has 2 aromatic heterocycles. The summed E-state index contributed by atoms with van der Waals surface area (Å²) in [5.74, 6) is 1.06. The number of hydrogen-bond acceptors (Lipinski definition) is 6. The molecule has 0 radical (unpaired) electrons. The van der Waals surface area contributed by atoms with E-state index in [0.29, 0.717) is 18.3 Å². The fourth-order valence-electron chi connectivity index (χ4n) is 2.00. The van der Waals surface area contributed by atoms with Crippen LogP contribution >= 0.6 is 0 Å². The molecule has 0 aromatic carbocycles. The van der Waals surface area contributed by atoms with Crippen LogP contribution in [-0.4, -0.2) is 46.5 Å². The number of aromatic amines is 1. The molecule has 19 heavy (non-hydrogen) atoms. The lowest BCUT2D eigenvalue weighted by molar-refractivity contribution is 0.203. The maximum atomic E-state index is 5.76. The van der Waals surface area contributed by atoms with Gasteiger partial charge in [-0.3, -0.25) is 5.10 Å². The number of anilines is 2. The van der Waals surface area contributed by atoms with Crippen LogP contribution in [-0.2, 0) is 4.74 Å². The molecular formula is C12H20N6O. The van der Waals surface area contributed by atoms with E-state index < -0.39 is 0 Å². The van der Waals surface area contributed by atoms with Gasteiger partial charge in [0.15, 0.2) is 5.65 Å². The highest BCUT2D eigenvalue weighted by molar-refractivity contribution is 5.87. The van der Waals surface area contributed by atoms with Crippen LogP contribution in [0, 0.1) is 0 Å². The summed E-state index contributed by atoms with van der Waals surface area (Å²) in [5.41, 5.74) is 6.42. The van der Waals surface area contributed by atoms with Crippen LogP contribution < -0.4 is 10.6 Å². The van der Waals surface area contributed by atoms with Crippen LogP contribution in [0.2, 0.25) is 0 Å². The second-order valence-corrected chi connectivity index (χ2v) is 4.48. The average Bonchev–Trinajstić information content (AvgIpc) is 2.86. The number of hydrogen-bond donors (Lipinski definition) is 2. The first-order valence-corrected chi connectivity index (χ1v) is 6.39. The molecule has 0 aliphatic heterocycles. The van der Waals surface area contributed by atoms with Gasteiger partial charge in [-0.1, -0.05) is 6.92 Å². The standard InChI is InChI=1S/C12H20N6O/c1-4-8(2)18(5-6-19-3)11-9-7-14-17-10(9)15-12(13)16-11/h7-8H,4-6H2,1-3H3,(H3,13,14,15,16,17). The molecule has 2 rings (SSSR count). The molecule has 0 aliphatic rings. The minimum Gasteiger partial charge on any atom is -0.383 e. The lowest BCUT2D eigenvalue weighted by atomic mass is 10.2. The summed E-state index contributed by atoms with van der Waals surface area (Å²) in [6.07, 6.45) is 2.74. The van der Waals surface area contributed by atoms with Crippen molar-refractivity contribution in [2.75, 3.05) is 30.9 Å². The first-order valence-electron chi connectivity index (χ1n) is 6.39. The van der Waals surface area contributed by atoms with Crippen LogP contribution in [0.4, 0.5) is 11.8 Å². The number of rotatable bonds is 6. The number of ether oxygens (including phenoxy) is 1. The number of methoxy groups -OCH3 is 1. The third-order valence-corrected chi connectivity index (χ3v) is 3.24. The Kier molecular flexibility index (Phi) is 4.16. The van der Waals surface area contributed by atoms with E-state index >= 15 is 0 Å². The van der Waals surface area contributed by atoms with Gasteiger partial charge >= 0.3 is 0 Å². The highest BCUT2D eigenvalue weighted by Gasteiger charge is 2.19. The van der Waals surface area contributed by atoms with E-state index in [-0.39, 0.29) is 5.95 Å². The topological polar surface area (TPSA) is 93.0 Å². The van der Waals surface area contributed by atoms with Gasteiger partial charge < -0.3 is 15.4 Å². The summed E-state index contributed by atoms with van der Waals surface area (Å²) < 4.78 is 5.17. The number of aromatic nitrogens is 4. The molecule has 0 aliphatic carbocycles. The SMILES string of the molecule is CCC(C)N(CCOC)c1nc(N)nc2[nH]ncc12. The zero-order chi connectivity index (χ0) is 13.8. The van der Waals surface area contributed by atoms with Gasteiger partial charge in [0.1, 0.15) is 5.82 Å². The molecule has 1 unspecified atom stereocenters. The average molecular weight is 264 g/mol. The first-order chi connectivity index (χ1) is 9.17. The third-order valence-electron chi connectivity index (χ3n) is 3.24. The van der Waals surface area contributed by atoms with Gasteiger partial charge in [0.2, 0.25) is 5.95 Å². The lowest BCUT2D eigenvalue weighted by Gasteiger charge is -2.29. The molecule has 0 amide bonds. The Morgan fingerprint density at radius 1 is 1.47 bits per heavy atom. The van der Waals surface area contributed by atoms with Crippen LogP contribution in [0.1, 0.15) is 20.3 Å². The number of nitrogen functional groups attached to an aromatic ring is 1. The van der Waals surface area contributed by atoms with Crippen LogP contribution in [0.5, 0.6) is 0 Å². The summed E-state index contributed by atoms with van der Waals surface area (Å²) in [6, 6.07) is 0.336. The molecule has 2 heterocycles. The summed E-state index contributed by atoms with van der Waals surface area (Å²) in [7, 11) is 1.69. The van der Waals surface area contributed by atoms with Gasteiger partial charge in [-0.05, 0) is 13.3 Å². The second kappa shape index (κ2) is 5.83. The summed E-state index contributed by atoms with van der Waals surface area (Å²) in [4.78, 5) is 10.7. The molecule has 0 fully saturated rings. The Hall–Kier alpha value is -1.89. The highest BCUT2D eigenvalue weighted by atomic mass is 16.5. The van der Waals surface area contributed by atoms with Crippen molar-refractivity contribution in [2.45, 2.75) is 26.3 Å². The molecule has 7 nitrogen and oxygen atoms in total. The number of nitrogens with one attached hydrogen (secondary N) is 1.